The molecule has 0 saturated heterocycles. The van der Waals surface area contributed by atoms with Gasteiger partial charge in [0.25, 0.3) is 11.8 Å². The van der Waals surface area contributed by atoms with Crippen LogP contribution in [-0.4, -0.2) is 18.9 Å². The summed E-state index contributed by atoms with van der Waals surface area (Å²) in [6, 6.07) is 17.3. The summed E-state index contributed by atoms with van der Waals surface area (Å²) >= 11 is 6.04. The third kappa shape index (κ3) is 3.90. The molecule has 3 aromatic carbocycles. The Balaban J connectivity index is 1.81. The van der Waals surface area contributed by atoms with Crippen molar-refractivity contribution in [2.75, 3.05) is 17.3 Å². The lowest BCUT2D eigenvalue weighted by molar-refractivity contribution is -0.120. The molecule has 0 spiro atoms. The number of ether oxygens (including phenoxy) is 1. The normalized spacial score (nSPS) is 13.7. The molecule has 0 fully saturated rings. The number of methoxy groups -OCH3 is 1. The Morgan fingerprint density at radius 2 is 1.61 bits per heavy atom. The molecule has 4 rings (SSSR count). The molecule has 31 heavy (non-hydrogen) atoms. The number of nitrogens with one attached hydrogen (secondary N) is 1. The van der Waals surface area contributed by atoms with E-state index in [4.69, 9.17) is 16.3 Å². The molecule has 1 heterocycles. The maximum Gasteiger partial charge on any atom is 0.282 e. The lowest BCUT2D eigenvalue weighted by atomic mass is 10.0. The first kappa shape index (κ1) is 20.6. The van der Waals surface area contributed by atoms with E-state index in [0.717, 1.165) is 4.90 Å². The number of halogens is 2. The topological polar surface area (TPSA) is 58.6 Å². The minimum absolute atomic E-state index is 0.108. The number of carbonyl (C=O) groups excluding carboxylic acids is 2. The minimum atomic E-state index is -0.509. The smallest absolute Gasteiger partial charge is 0.282 e. The Hall–Kier alpha value is -3.64. The van der Waals surface area contributed by atoms with Crippen LogP contribution in [0.2, 0.25) is 5.02 Å². The highest BCUT2D eigenvalue weighted by atomic mass is 35.5. The number of benzene rings is 3. The van der Waals surface area contributed by atoms with Crippen molar-refractivity contribution in [3.05, 3.63) is 94.4 Å². The second-order valence-corrected chi connectivity index (χ2v) is 7.42. The van der Waals surface area contributed by atoms with Crippen molar-refractivity contribution < 1.29 is 18.7 Å². The summed E-state index contributed by atoms with van der Waals surface area (Å²) in [7, 11) is 1.56. The van der Waals surface area contributed by atoms with Crippen molar-refractivity contribution >= 4 is 40.4 Å². The van der Waals surface area contributed by atoms with Crippen molar-refractivity contribution in [2.24, 2.45) is 0 Å². The van der Waals surface area contributed by atoms with Gasteiger partial charge in [-0.05, 0) is 72.6 Å². The monoisotopic (exact) mass is 436 g/mol. The van der Waals surface area contributed by atoms with Crippen molar-refractivity contribution in [1.82, 2.24) is 0 Å². The molecular formula is C24H18ClFN2O3. The highest BCUT2D eigenvalue weighted by molar-refractivity contribution is 6.46. The molecule has 0 aromatic heterocycles. The SMILES string of the molecule is COc1ccc(NC2=C(c3ccc(F)cc3)C(=O)N(c3ccc(Cl)cc3C)C2=O)cc1. The van der Waals surface area contributed by atoms with Crippen LogP contribution in [0.1, 0.15) is 11.1 Å². The van der Waals surface area contributed by atoms with Gasteiger partial charge in [-0.1, -0.05) is 23.7 Å². The van der Waals surface area contributed by atoms with E-state index in [0.29, 0.717) is 33.3 Å². The maximum absolute atomic E-state index is 13.5. The van der Waals surface area contributed by atoms with Gasteiger partial charge >= 0.3 is 0 Å². The summed E-state index contributed by atoms with van der Waals surface area (Å²) in [5.41, 5.74) is 2.42. The van der Waals surface area contributed by atoms with Gasteiger partial charge in [0.1, 0.15) is 17.3 Å². The second-order valence-electron chi connectivity index (χ2n) is 6.99. The van der Waals surface area contributed by atoms with Gasteiger partial charge in [-0.3, -0.25) is 9.59 Å². The number of aryl methyl sites for hydroxylation is 1. The van der Waals surface area contributed by atoms with Crippen molar-refractivity contribution in [1.29, 1.82) is 0 Å². The molecule has 7 heteroatoms. The molecule has 0 atom stereocenters. The summed E-state index contributed by atoms with van der Waals surface area (Å²) in [6.07, 6.45) is 0. The highest BCUT2D eigenvalue weighted by Gasteiger charge is 2.40. The van der Waals surface area contributed by atoms with Crippen molar-refractivity contribution in [3.63, 3.8) is 0 Å². The standard InChI is InChI=1S/C24H18ClFN2O3/c1-14-13-16(25)5-12-20(14)28-23(29)21(15-3-6-17(26)7-4-15)22(24(28)30)27-18-8-10-19(31-2)11-9-18/h3-13,27H,1-2H3. The van der Waals surface area contributed by atoms with Crippen LogP contribution in [0, 0.1) is 12.7 Å². The minimum Gasteiger partial charge on any atom is -0.497 e. The van der Waals surface area contributed by atoms with E-state index in [2.05, 4.69) is 5.32 Å². The molecular weight excluding hydrogens is 419 g/mol. The second kappa shape index (κ2) is 8.24. The first-order valence-corrected chi connectivity index (χ1v) is 9.83. The lowest BCUT2D eigenvalue weighted by Gasteiger charge is -2.18. The van der Waals surface area contributed by atoms with Crippen LogP contribution in [0.25, 0.3) is 5.57 Å². The molecule has 1 aliphatic heterocycles. The number of hydrogen-bond acceptors (Lipinski definition) is 4. The Morgan fingerprint density at radius 1 is 0.935 bits per heavy atom. The Bertz CT molecular complexity index is 1200. The molecule has 0 radical (unpaired) electrons. The number of hydrogen-bond donors (Lipinski definition) is 1. The van der Waals surface area contributed by atoms with E-state index in [-0.39, 0.29) is 11.3 Å². The average Bonchev–Trinajstić information content (AvgIpc) is 2.99. The highest BCUT2D eigenvalue weighted by Crippen LogP contribution is 2.36. The third-order valence-corrected chi connectivity index (χ3v) is 5.21. The molecule has 3 aromatic rings. The van der Waals surface area contributed by atoms with Crippen LogP contribution >= 0.6 is 11.6 Å². The fourth-order valence-corrected chi connectivity index (χ4v) is 3.66. The first-order chi connectivity index (χ1) is 14.9. The Kier molecular flexibility index (Phi) is 5.48. The van der Waals surface area contributed by atoms with Gasteiger partial charge in [-0.25, -0.2) is 9.29 Å². The molecule has 1 N–H and O–H groups in total. The average molecular weight is 437 g/mol. The zero-order valence-corrected chi connectivity index (χ0v) is 17.5. The fraction of sp³-hybridized carbons (Fsp3) is 0.0833. The molecule has 0 unspecified atom stereocenters. The summed E-state index contributed by atoms with van der Waals surface area (Å²) < 4.78 is 18.6. The number of amides is 2. The largest absolute Gasteiger partial charge is 0.497 e. The van der Waals surface area contributed by atoms with E-state index in [1.165, 1.54) is 24.3 Å². The van der Waals surface area contributed by atoms with Gasteiger partial charge in [0.15, 0.2) is 0 Å². The molecule has 2 amide bonds. The van der Waals surface area contributed by atoms with Gasteiger partial charge in [0.2, 0.25) is 0 Å². The summed E-state index contributed by atoms with van der Waals surface area (Å²) in [5, 5.41) is 3.56. The fourth-order valence-electron chi connectivity index (χ4n) is 3.44. The van der Waals surface area contributed by atoms with Crippen LogP contribution in [0.15, 0.2) is 72.4 Å². The zero-order chi connectivity index (χ0) is 22.1. The number of rotatable bonds is 5. The van der Waals surface area contributed by atoms with Gasteiger partial charge in [-0.15, -0.1) is 0 Å². The maximum atomic E-state index is 13.5. The number of nitrogens with zero attached hydrogens (tertiary/aromatic N) is 1. The van der Waals surface area contributed by atoms with Crippen LogP contribution in [0.5, 0.6) is 5.75 Å². The predicted molar refractivity (Wildman–Crippen MR) is 119 cm³/mol. The Morgan fingerprint density at radius 3 is 2.23 bits per heavy atom. The van der Waals surface area contributed by atoms with Crippen LogP contribution in [-0.2, 0) is 9.59 Å². The number of imide groups is 1. The van der Waals surface area contributed by atoms with E-state index in [1.807, 2.05) is 0 Å². The summed E-state index contributed by atoms with van der Waals surface area (Å²) in [6.45, 7) is 1.77. The van der Waals surface area contributed by atoms with Crippen molar-refractivity contribution in [3.8, 4) is 5.75 Å². The molecule has 5 nitrogen and oxygen atoms in total. The van der Waals surface area contributed by atoms with Gasteiger partial charge in [0.05, 0.1) is 18.4 Å². The van der Waals surface area contributed by atoms with Gasteiger partial charge in [0, 0.05) is 10.7 Å². The summed E-state index contributed by atoms with van der Waals surface area (Å²) in [4.78, 5) is 27.9. The molecule has 156 valence electrons. The quantitative estimate of drug-likeness (QED) is 0.559. The van der Waals surface area contributed by atoms with E-state index < -0.39 is 17.6 Å². The Labute approximate surface area is 183 Å². The number of carbonyl (C=O) groups is 2. The molecule has 0 bridgehead atoms. The predicted octanol–water partition coefficient (Wildman–Crippen LogP) is 5.19. The number of anilines is 2. The van der Waals surface area contributed by atoms with Crippen LogP contribution in [0.4, 0.5) is 15.8 Å². The molecule has 0 saturated carbocycles. The van der Waals surface area contributed by atoms with E-state index in [1.54, 1.807) is 56.5 Å². The van der Waals surface area contributed by atoms with E-state index in [9.17, 15) is 14.0 Å². The molecule has 1 aliphatic rings. The van der Waals surface area contributed by atoms with Gasteiger partial charge < -0.3 is 10.1 Å². The van der Waals surface area contributed by atoms with Crippen LogP contribution < -0.4 is 15.0 Å². The zero-order valence-electron chi connectivity index (χ0n) is 16.8. The van der Waals surface area contributed by atoms with Crippen molar-refractivity contribution in [2.45, 2.75) is 6.92 Å². The third-order valence-electron chi connectivity index (χ3n) is 4.98. The van der Waals surface area contributed by atoms with Gasteiger partial charge in [-0.2, -0.15) is 0 Å². The van der Waals surface area contributed by atoms with E-state index >= 15 is 0 Å². The lowest BCUT2D eigenvalue weighted by Crippen LogP contribution is -2.33. The molecule has 0 aliphatic carbocycles. The van der Waals surface area contributed by atoms with Crippen LogP contribution in [0.3, 0.4) is 0 Å². The first-order valence-electron chi connectivity index (χ1n) is 9.45. The summed E-state index contributed by atoms with van der Waals surface area (Å²) in [5.74, 6) is -0.787.